The van der Waals surface area contributed by atoms with Crippen molar-refractivity contribution in [1.82, 2.24) is 15.5 Å². The number of nitrogens with zero attached hydrogens (tertiary/aromatic N) is 1. The highest BCUT2D eigenvalue weighted by molar-refractivity contribution is 7.91. The Labute approximate surface area is 170 Å². The minimum absolute atomic E-state index is 0.0399. The summed E-state index contributed by atoms with van der Waals surface area (Å²) in [5, 5.41) is 5.51. The molecule has 1 spiro atoms. The van der Waals surface area contributed by atoms with E-state index in [1.54, 1.807) is 30.3 Å². The lowest BCUT2D eigenvalue weighted by Crippen LogP contribution is -2.44. The molecule has 1 saturated heterocycles. The highest BCUT2D eigenvalue weighted by Crippen LogP contribution is 2.35. The van der Waals surface area contributed by atoms with Gasteiger partial charge >= 0.3 is 6.03 Å². The minimum atomic E-state index is -3.35. The maximum atomic E-state index is 12.5. The van der Waals surface area contributed by atoms with Crippen LogP contribution in [-0.2, 0) is 19.4 Å². The Kier molecular flexibility index (Phi) is 6.56. The molecule has 0 unspecified atom stereocenters. The lowest BCUT2D eigenvalue weighted by Gasteiger charge is -2.19. The number of hydrogen-bond donors (Lipinski definition) is 2. The van der Waals surface area contributed by atoms with Crippen LogP contribution < -0.4 is 10.6 Å². The SMILES string of the molecule is O=C(CCCN1C(=O)NC2(CCCC2)C1=O)NCCCS(=O)(=O)c1ccccc1. The molecule has 3 rings (SSSR count). The molecule has 8 nitrogen and oxygen atoms in total. The van der Waals surface area contributed by atoms with Crippen molar-refractivity contribution in [2.75, 3.05) is 18.8 Å². The number of carbonyl (C=O) groups excluding carboxylic acids is 3. The lowest BCUT2D eigenvalue weighted by molar-refractivity contribution is -0.131. The van der Waals surface area contributed by atoms with Gasteiger partial charge in [0, 0.05) is 19.5 Å². The zero-order valence-electron chi connectivity index (χ0n) is 16.4. The van der Waals surface area contributed by atoms with Crippen LogP contribution in [0.1, 0.15) is 44.9 Å². The molecule has 1 aromatic rings. The van der Waals surface area contributed by atoms with Crippen LogP contribution in [0, 0.1) is 0 Å². The molecule has 1 saturated carbocycles. The van der Waals surface area contributed by atoms with Gasteiger partial charge in [-0.2, -0.15) is 0 Å². The summed E-state index contributed by atoms with van der Waals surface area (Å²) in [5.41, 5.74) is -0.719. The molecule has 29 heavy (non-hydrogen) atoms. The van der Waals surface area contributed by atoms with Crippen molar-refractivity contribution in [3.8, 4) is 0 Å². The van der Waals surface area contributed by atoms with Crippen LogP contribution in [0.25, 0.3) is 0 Å². The quantitative estimate of drug-likeness (QED) is 0.465. The topological polar surface area (TPSA) is 113 Å². The predicted molar refractivity (Wildman–Crippen MR) is 107 cm³/mol. The highest BCUT2D eigenvalue weighted by Gasteiger charge is 2.51. The number of benzene rings is 1. The number of imide groups is 1. The molecule has 0 bridgehead atoms. The van der Waals surface area contributed by atoms with Crippen LogP contribution in [0.2, 0.25) is 0 Å². The van der Waals surface area contributed by atoms with Crippen molar-refractivity contribution < 1.29 is 22.8 Å². The predicted octanol–water partition coefficient (Wildman–Crippen LogP) is 1.61. The van der Waals surface area contributed by atoms with Gasteiger partial charge in [-0.3, -0.25) is 14.5 Å². The summed E-state index contributed by atoms with van der Waals surface area (Å²) < 4.78 is 24.4. The monoisotopic (exact) mass is 421 g/mol. The third-order valence-electron chi connectivity index (χ3n) is 5.50. The molecule has 9 heteroatoms. The van der Waals surface area contributed by atoms with E-state index in [2.05, 4.69) is 10.6 Å². The fourth-order valence-corrected chi connectivity index (χ4v) is 5.25. The van der Waals surface area contributed by atoms with Gasteiger partial charge < -0.3 is 10.6 Å². The maximum absolute atomic E-state index is 12.5. The maximum Gasteiger partial charge on any atom is 0.325 e. The molecule has 4 amide bonds. The summed E-state index contributed by atoms with van der Waals surface area (Å²) in [6.45, 7) is 0.472. The van der Waals surface area contributed by atoms with Gasteiger partial charge in [-0.1, -0.05) is 31.0 Å². The zero-order chi connectivity index (χ0) is 20.9. The molecule has 0 aromatic heterocycles. The Balaban J connectivity index is 1.34. The van der Waals surface area contributed by atoms with Crippen molar-refractivity contribution in [3.63, 3.8) is 0 Å². The van der Waals surface area contributed by atoms with E-state index < -0.39 is 15.4 Å². The molecule has 1 aromatic carbocycles. The molecule has 1 aliphatic heterocycles. The van der Waals surface area contributed by atoms with Crippen LogP contribution in [-0.4, -0.2) is 55.5 Å². The lowest BCUT2D eigenvalue weighted by atomic mass is 9.98. The Morgan fingerprint density at radius 3 is 2.48 bits per heavy atom. The summed E-state index contributed by atoms with van der Waals surface area (Å²) in [6, 6.07) is 7.84. The molecular formula is C20H27N3O5S. The van der Waals surface area contributed by atoms with Crippen LogP contribution in [0.3, 0.4) is 0 Å². The van der Waals surface area contributed by atoms with E-state index in [0.29, 0.717) is 25.7 Å². The first kappa shape index (κ1) is 21.3. The van der Waals surface area contributed by atoms with Gasteiger partial charge in [0.25, 0.3) is 5.91 Å². The number of hydrogen-bond acceptors (Lipinski definition) is 5. The third-order valence-corrected chi connectivity index (χ3v) is 7.32. The summed E-state index contributed by atoms with van der Waals surface area (Å²) in [4.78, 5) is 38.1. The largest absolute Gasteiger partial charge is 0.356 e. The van der Waals surface area contributed by atoms with Crippen molar-refractivity contribution >= 4 is 27.7 Å². The molecule has 2 aliphatic rings. The van der Waals surface area contributed by atoms with Crippen LogP contribution in [0.4, 0.5) is 4.79 Å². The fourth-order valence-electron chi connectivity index (χ4n) is 3.92. The van der Waals surface area contributed by atoms with E-state index in [1.807, 2.05) is 0 Å². The Morgan fingerprint density at radius 2 is 1.79 bits per heavy atom. The van der Waals surface area contributed by atoms with Crippen molar-refractivity contribution in [2.45, 2.75) is 55.4 Å². The number of urea groups is 1. The van der Waals surface area contributed by atoms with Crippen LogP contribution in [0.5, 0.6) is 0 Å². The van der Waals surface area contributed by atoms with Gasteiger partial charge in [0.05, 0.1) is 10.6 Å². The molecule has 0 atom stereocenters. The van der Waals surface area contributed by atoms with E-state index >= 15 is 0 Å². The number of sulfone groups is 1. The first-order chi connectivity index (χ1) is 13.8. The van der Waals surface area contributed by atoms with Crippen molar-refractivity contribution in [2.24, 2.45) is 0 Å². The summed E-state index contributed by atoms with van der Waals surface area (Å²) >= 11 is 0. The molecule has 2 fully saturated rings. The Morgan fingerprint density at radius 1 is 1.10 bits per heavy atom. The second-order valence-corrected chi connectivity index (χ2v) is 9.72. The normalized spacial score (nSPS) is 18.3. The number of nitrogens with one attached hydrogen (secondary N) is 2. The number of rotatable bonds is 9. The Hall–Kier alpha value is -2.42. The first-order valence-electron chi connectivity index (χ1n) is 10.0. The second-order valence-electron chi connectivity index (χ2n) is 7.62. The van der Waals surface area contributed by atoms with Crippen LogP contribution in [0.15, 0.2) is 35.2 Å². The number of carbonyl (C=O) groups is 3. The molecule has 0 radical (unpaired) electrons. The van der Waals surface area contributed by atoms with Crippen molar-refractivity contribution in [3.05, 3.63) is 30.3 Å². The van der Waals surface area contributed by atoms with Gasteiger partial charge in [-0.25, -0.2) is 13.2 Å². The number of amides is 4. The standard InChI is InChI=1S/C20H27N3O5S/c24-17(21-13-7-15-29(27,28)16-8-2-1-3-9-16)10-6-14-23-18(25)20(22-19(23)26)11-4-5-12-20/h1-3,8-9H,4-7,10-15H2,(H,21,24)(H,22,26). The van der Waals surface area contributed by atoms with Gasteiger partial charge in [-0.05, 0) is 37.8 Å². The summed E-state index contributed by atoms with van der Waals surface area (Å²) in [5.74, 6) is -0.432. The van der Waals surface area contributed by atoms with E-state index in [-0.39, 0.29) is 48.0 Å². The minimum Gasteiger partial charge on any atom is -0.356 e. The van der Waals surface area contributed by atoms with E-state index in [4.69, 9.17) is 0 Å². The van der Waals surface area contributed by atoms with Gasteiger partial charge in [0.15, 0.2) is 9.84 Å². The van der Waals surface area contributed by atoms with E-state index in [0.717, 1.165) is 12.8 Å². The van der Waals surface area contributed by atoms with Crippen molar-refractivity contribution in [1.29, 1.82) is 0 Å². The smallest absolute Gasteiger partial charge is 0.325 e. The molecule has 2 N–H and O–H groups in total. The van der Waals surface area contributed by atoms with E-state index in [9.17, 15) is 22.8 Å². The molecule has 1 aliphatic carbocycles. The average Bonchev–Trinajstić information content (AvgIpc) is 3.26. The van der Waals surface area contributed by atoms with Gasteiger partial charge in [0.2, 0.25) is 5.91 Å². The zero-order valence-corrected chi connectivity index (χ0v) is 17.2. The third kappa shape index (κ3) is 4.95. The fraction of sp³-hybridized carbons (Fsp3) is 0.550. The van der Waals surface area contributed by atoms with Crippen LogP contribution >= 0.6 is 0 Å². The molecule has 1 heterocycles. The van der Waals surface area contributed by atoms with Gasteiger partial charge in [0.1, 0.15) is 5.54 Å². The highest BCUT2D eigenvalue weighted by atomic mass is 32.2. The average molecular weight is 422 g/mol. The van der Waals surface area contributed by atoms with Gasteiger partial charge in [-0.15, -0.1) is 0 Å². The first-order valence-corrected chi connectivity index (χ1v) is 11.7. The molecule has 158 valence electrons. The Bertz CT molecular complexity index is 863. The summed E-state index contributed by atoms with van der Waals surface area (Å²) in [7, 11) is -3.35. The van der Waals surface area contributed by atoms with E-state index in [1.165, 1.54) is 4.90 Å². The molecular weight excluding hydrogens is 394 g/mol. The second kappa shape index (κ2) is 8.94. The summed E-state index contributed by atoms with van der Waals surface area (Å²) in [6.07, 6.45) is 4.10.